The van der Waals surface area contributed by atoms with E-state index in [-0.39, 0.29) is 16.2 Å². The third-order valence-corrected chi connectivity index (χ3v) is 32.6. The molecule has 3 aliphatic carbocycles. The van der Waals surface area contributed by atoms with Crippen molar-refractivity contribution >= 4 is 148 Å². The smallest absolute Gasteiger partial charge is 0.143 e. The summed E-state index contributed by atoms with van der Waals surface area (Å²) in [5.74, 6) is 0. The van der Waals surface area contributed by atoms with Crippen molar-refractivity contribution < 1.29 is 8.83 Å². The van der Waals surface area contributed by atoms with Crippen LogP contribution in [0.5, 0.6) is 0 Å². The predicted octanol–water partition coefficient (Wildman–Crippen LogP) is 40.0. The molecule has 0 amide bonds. The molecule has 0 fully saturated rings. The Labute approximate surface area is 865 Å². The average molecular weight is 1920 g/mol. The number of benzene rings is 22. The lowest BCUT2D eigenvalue weighted by Crippen LogP contribution is -2.20. The quantitative estimate of drug-likeness (QED) is 0.102. The summed E-state index contributed by atoms with van der Waals surface area (Å²) >= 11 is 1.88. The molecule has 0 saturated heterocycles. The summed E-state index contributed by atoms with van der Waals surface area (Å²) < 4.78 is 17.7. The summed E-state index contributed by atoms with van der Waals surface area (Å²) in [7, 11) is 0. The Kier molecular flexibility index (Phi) is 21.4. The molecule has 0 atom stereocenters. The molecule has 4 heterocycles. The predicted molar refractivity (Wildman–Crippen MR) is 625 cm³/mol. The average Bonchev–Trinajstić information content (AvgIpc) is 1.57. The van der Waals surface area contributed by atoms with Gasteiger partial charge in [-0.25, -0.2) is 0 Å². The van der Waals surface area contributed by atoms with E-state index in [2.05, 4.69) is 546 Å². The van der Waals surface area contributed by atoms with Gasteiger partial charge in [0, 0.05) is 125 Å². The van der Waals surface area contributed by atoms with Gasteiger partial charge in [0.05, 0.1) is 22.4 Å². The highest BCUT2D eigenvalue weighted by Crippen LogP contribution is 2.59. The number of hydrogen-bond donors (Lipinski definition) is 0. The summed E-state index contributed by atoms with van der Waals surface area (Å²) in [6, 6.07) is 185. The van der Waals surface area contributed by atoms with E-state index in [9.17, 15) is 0 Å². The molecule has 148 heavy (non-hydrogen) atoms. The van der Waals surface area contributed by atoms with Gasteiger partial charge in [0.15, 0.2) is 0 Å². The molecule has 0 unspecified atom stereocenters. The maximum Gasteiger partial charge on any atom is 0.143 e. The molecule has 0 aliphatic heterocycles. The van der Waals surface area contributed by atoms with E-state index in [1.807, 2.05) is 35.6 Å². The van der Waals surface area contributed by atoms with Gasteiger partial charge in [-0.3, -0.25) is 0 Å². The van der Waals surface area contributed by atoms with E-state index in [0.717, 1.165) is 94.8 Å². The van der Waals surface area contributed by atoms with Gasteiger partial charge in [0.25, 0.3) is 0 Å². The van der Waals surface area contributed by atoms with Gasteiger partial charge in [0.2, 0.25) is 0 Å². The van der Waals surface area contributed by atoms with Crippen LogP contribution in [0.2, 0.25) is 0 Å². The fourth-order valence-electron chi connectivity index (χ4n) is 24.1. The summed E-state index contributed by atoms with van der Waals surface area (Å²) in [5.41, 5.74) is 45.2. The minimum absolute atomic E-state index is 0.0834. The Balaban J connectivity index is 0.000000110. The van der Waals surface area contributed by atoms with Crippen molar-refractivity contribution in [1.29, 1.82) is 0 Å². The number of para-hydroxylation sites is 5. The molecule has 26 aromatic rings. The molecule has 0 radical (unpaired) electrons. The molecule has 0 N–H and O–H groups in total. The summed E-state index contributed by atoms with van der Waals surface area (Å²) in [4.78, 5) is 7.25. The third-order valence-electron chi connectivity index (χ3n) is 31.4. The maximum absolute atomic E-state index is 6.39. The Morgan fingerprint density at radius 2 is 0.601 bits per heavy atom. The van der Waals surface area contributed by atoms with Crippen molar-refractivity contribution in [3.05, 3.63) is 543 Å². The minimum Gasteiger partial charge on any atom is -0.456 e. The third kappa shape index (κ3) is 14.9. The zero-order chi connectivity index (χ0) is 99.0. The monoisotopic (exact) mass is 1910 g/mol. The molecule has 0 bridgehead atoms. The van der Waals surface area contributed by atoms with Gasteiger partial charge in [-0.05, 0) is 263 Å². The SMILES string of the molecule is CC1(C)c2ccccc2-c2c(N(c3ccc(-c4ccccc4)cc3)c3ccc(-c4cccc5c4oc4ccccc45)cc3)cccc21.CC1(C)c2ccccc2-c2ccc(N(c3ccc(-c4ccc5c(c4)c4ccccc4n5-c4ccccc4)cc3)c3ccc4oc5ccccc5c4c3)cc21.CC1(C)c2ccccc2-c2cccc(N(c3ccc(-c4ccccc4)cc3)c3ccc(-c4cccc5c4sc4ccccc45)cc3)c21. The number of nitrogens with zero attached hydrogens (tertiary/aromatic N) is 4. The lowest BCUT2D eigenvalue weighted by molar-refractivity contribution is 0.660. The number of aromatic nitrogens is 1. The summed E-state index contributed by atoms with van der Waals surface area (Å²) in [6.07, 6.45) is 0. The van der Waals surface area contributed by atoms with E-state index in [4.69, 9.17) is 8.83 Å². The highest BCUT2D eigenvalue weighted by molar-refractivity contribution is 7.26. The molecule has 22 aromatic carbocycles. The van der Waals surface area contributed by atoms with Crippen molar-refractivity contribution in [2.24, 2.45) is 0 Å². The maximum atomic E-state index is 6.39. The largest absolute Gasteiger partial charge is 0.456 e. The van der Waals surface area contributed by atoms with Gasteiger partial charge in [-0.15, -0.1) is 11.3 Å². The molecule has 0 spiro atoms. The number of furan rings is 2. The number of fused-ring (bicyclic) bond motifs is 21. The minimum atomic E-state index is -0.137. The fourth-order valence-corrected chi connectivity index (χ4v) is 25.4. The van der Waals surface area contributed by atoms with Crippen LogP contribution >= 0.6 is 11.3 Å². The first-order valence-electron chi connectivity index (χ1n) is 51.2. The van der Waals surface area contributed by atoms with E-state index < -0.39 is 0 Å². The molecule has 29 rings (SSSR count). The van der Waals surface area contributed by atoms with Gasteiger partial charge in [-0.2, -0.15) is 0 Å². The first kappa shape index (κ1) is 88.8. The lowest BCUT2D eigenvalue weighted by Gasteiger charge is -2.32. The molecule has 7 heteroatoms. The van der Waals surface area contributed by atoms with Crippen LogP contribution < -0.4 is 14.7 Å². The highest BCUT2D eigenvalue weighted by atomic mass is 32.1. The first-order chi connectivity index (χ1) is 72.7. The summed E-state index contributed by atoms with van der Waals surface area (Å²) in [6.45, 7) is 14.1. The van der Waals surface area contributed by atoms with Crippen LogP contribution in [-0.2, 0) is 16.2 Å². The van der Waals surface area contributed by atoms with Crippen LogP contribution in [0.25, 0.3) is 181 Å². The molecular formula is C141H102N4O2S. The van der Waals surface area contributed by atoms with Crippen molar-refractivity contribution in [2.45, 2.75) is 57.8 Å². The molecule has 6 nitrogen and oxygen atoms in total. The molecule has 704 valence electrons. The zero-order valence-corrected chi connectivity index (χ0v) is 83.8. The Bertz CT molecular complexity index is 9670. The molecule has 3 aliphatic rings. The normalized spacial score (nSPS) is 13.1. The standard InChI is InChI=1S/C51H36N2O.C45H33NO.C45H33NS/c1-51(2)45-17-9-6-14-39(45)40-27-25-38(32-46(40)51)52(37-26-29-50-44(31-37)42-16-8-11-19-49(42)54-50)36-23-20-33(21-24-36)34-22-28-48-43(30-34)41-15-7-10-18-47(41)53(48)35-12-4-3-5-13-35;1-45(2)39-18-8-6-15-38(39)43-40(45)19-11-20-41(43)46(33-26-22-31(23-27-33)30-12-4-3-5-13-30)34-28-24-32(25-29-34)35-16-10-17-37-36-14-7-9-21-42(36)47-44(35)37;1-45(2)40-19-8-6-14-36(40)38-17-11-20-41(43(38)45)46(33-26-22-31(23-27-33)30-12-4-3-5-13-30)34-28-24-32(25-29-34)35-16-10-18-39-37-15-7-9-21-42(37)47-44(35)39/h3-32H,1-2H3;2*3-29H,1-2H3. The van der Waals surface area contributed by atoms with E-state index >= 15 is 0 Å². The van der Waals surface area contributed by atoms with Gasteiger partial charge < -0.3 is 28.1 Å². The zero-order valence-electron chi connectivity index (χ0n) is 83.0. The van der Waals surface area contributed by atoms with E-state index in [1.165, 1.54) is 170 Å². The van der Waals surface area contributed by atoms with E-state index in [0.29, 0.717) is 0 Å². The number of rotatable bonds is 15. The van der Waals surface area contributed by atoms with Crippen LogP contribution in [0, 0.1) is 0 Å². The number of hydrogen-bond acceptors (Lipinski definition) is 6. The van der Waals surface area contributed by atoms with Crippen LogP contribution in [0.3, 0.4) is 0 Å². The second-order valence-electron chi connectivity index (χ2n) is 40.9. The summed E-state index contributed by atoms with van der Waals surface area (Å²) in [5, 5.41) is 9.69. The van der Waals surface area contributed by atoms with Crippen molar-refractivity contribution in [2.75, 3.05) is 14.7 Å². The second-order valence-corrected chi connectivity index (χ2v) is 41.9. The van der Waals surface area contributed by atoms with Crippen LogP contribution in [0.15, 0.2) is 518 Å². The van der Waals surface area contributed by atoms with Crippen molar-refractivity contribution in [3.8, 4) is 94.7 Å². The first-order valence-corrected chi connectivity index (χ1v) is 52.0. The van der Waals surface area contributed by atoms with Gasteiger partial charge >= 0.3 is 0 Å². The van der Waals surface area contributed by atoms with E-state index in [1.54, 1.807) is 0 Å². The Hall–Kier alpha value is -18.1. The Morgan fingerprint density at radius 3 is 1.25 bits per heavy atom. The fraction of sp³-hybridized carbons (Fsp3) is 0.0638. The van der Waals surface area contributed by atoms with Crippen LogP contribution in [-0.4, -0.2) is 4.57 Å². The van der Waals surface area contributed by atoms with Crippen molar-refractivity contribution in [3.63, 3.8) is 0 Å². The highest BCUT2D eigenvalue weighted by Gasteiger charge is 2.42. The number of thiophene rings is 1. The second kappa shape index (κ2) is 35.7. The molecule has 0 saturated carbocycles. The molecule has 4 aromatic heterocycles. The lowest BCUT2D eigenvalue weighted by atomic mass is 9.81. The van der Waals surface area contributed by atoms with Gasteiger partial charge in [-0.1, -0.05) is 399 Å². The van der Waals surface area contributed by atoms with Crippen LogP contribution in [0.1, 0.15) is 74.9 Å². The van der Waals surface area contributed by atoms with Crippen molar-refractivity contribution in [1.82, 2.24) is 4.57 Å². The molecular weight excluding hydrogens is 1810 g/mol. The van der Waals surface area contributed by atoms with Crippen LogP contribution in [0.4, 0.5) is 51.2 Å². The Morgan fingerprint density at radius 1 is 0.209 bits per heavy atom. The number of anilines is 9. The topological polar surface area (TPSA) is 40.9 Å². The van der Waals surface area contributed by atoms with Gasteiger partial charge in [0.1, 0.15) is 22.3 Å².